The molecule has 0 spiro atoms. The molecular weight excluding hydrogens is 235 g/mol. The molecule has 17 heavy (non-hydrogen) atoms. The summed E-state index contributed by atoms with van der Waals surface area (Å²) in [6, 6.07) is 4.75. The van der Waals surface area contributed by atoms with Crippen molar-refractivity contribution < 1.29 is 4.39 Å². The Morgan fingerprint density at radius 1 is 1.18 bits per heavy atom. The Labute approximate surface area is 106 Å². The molecule has 1 heterocycles. The number of benzene rings is 1. The molecule has 94 valence electrons. The van der Waals surface area contributed by atoms with Crippen LogP contribution in [0.1, 0.15) is 19.3 Å². The minimum absolute atomic E-state index is 0.245. The fourth-order valence-electron chi connectivity index (χ4n) is 2.14. The summed E-state index contributed by atoms with van der Waals surface area (Å²) in [6.07, 6.45) is 4.00. The summed E-state index contributed by atoms with van der Waals surface area (Å²) in [5.74, 6) is 0.758. The van der Waals surface area contributed by atoms with Gasteiger partial charge in [-0.25, -0.2) is 4.39 Å². The number of hydrogen-bond donors (Lipinski definition) is 1. The number of hydrogen-bond acceptors (Lipinski definition) is 3. The van der Waals surface area contributed by atoms with Crippen LogP contribution in [-0.2, 0) is 0 Å². The maximum Gasteiger partial charge on any atom is 0.126 e. The largest absolute Gasteiger partial charge is 0.399 e. The molecule has 1 aromatic carbocycles. The third-order valence-electron chi connectivity index (χ3n) is 3.02. The molecule has 2 rings (SSSR count). The number of rotatable bonds is 4. The van der Waals surface area contributed by atoms with Crippen LogP contribution in [0.3, 0.4) is 0 Å². The van der Waals surface area contributed by atoms with Crippen LogP contribution in [0, 0.1) is 5.82 Å². The lowest BCUT2D eigenvalue weighted by molar-refractivity contribution is 0.242. The van der Waals surface area contributed by atoms with E-state index in [2.05, 4.69) is 4.90 Å². The first kappa shape index (κ1) is 12.7. The minimum Gasteiger partial charge on any atom is -0.399 e. The molecule has 4 heteroatoms. The van der Waals surface area contributed by atoms with Gasteiger partial charge in [-0.3, -0.25) is 0 Å². The summed E-state index contributed by atoms with van der Waals surface area (Å²) in [7, 11) is 0. The van der Waals surface area contributed by atoms with Crippen molar-refractivity contribution in [2.24, 2.45) is 0 Å². The molecule has 0 bridgehead atoms. The predicted molar refractivity (Wildman–Crippen MR) is 71.8 cm³/mol. The number of halogens is 1. The molecule has 0 atom stereocenters. The zero-order valence-corrected chi connectivity index (χ0v) is 10.8. The van der Waals surface area contributed by atoms with Gasteiger partial charge < -0.3 is 10.6 Å². The standard InChI is InChI=1S/C13H19FN2S/c14-11-8-12(15)10-13(9-11)17-7-6-16-4-2-1-3-5-16/h8-10H,1-7,15H2. The average Bonchev–Trinajstić information content (AvgIpc) is 2.29. The lowest BCUT2D eigenvalue weighted by atomic mass is 10.1. The van der Waals surface area contributed by atoms with Gasteiger partial charge in [0, 0.05) is 22.9 Å². The molecule has 1 aliphatic rings. The minimum atomic E-state index is -0.245. The molecule has 0 radical (unpaired) electrons. The van der Waals surface area contributed by atoms with E-state index in [1.54, 1.807) is 17.8 Å². The fourth-order valence-corrected chi connectivity index (χ4v) is 3.14. The van der Waals surface area contributed by atoms with Crippen LogP contribution in [0.25, 0.3) is 0 Å². The van der Waals surface area contributed by atoms with Crippen LogP contribution in [0.5, 0.6) is 0 Å². The predicted octanol–water partition coefficient (Wildman–Crippen LogP) is 2.99. The van der Waals surface area contributed by atoms with E-state index in [1.165, 1.54) is 38.4 Å². The Bertz CT molecular complexity index is 344. The second-order valence-electron chi connectivity index (χ2n) is 4.47. The first-order valence-electron chi connectivity index (χ1n) is 6.15. The van der Waals surface area contributed by atoms with Crippen LogP contribution < -0.4 is 5.73 Å². The van der Waals surface area contributed by atoms with Crippen molar-refractivity contribution in [3.63, 3.8) is 0 Å². The lowest BCUT2D eigenvalue weighted by Gasteiger charge is -2.26. The van der Waals surface area contributed by atoms with Crippen molar-refractivity contribution in [1.82, 2.24) is 4.90 Å². The summed E-state index contributed by atoms with van der Waals surface area (Å²) in [4.78, 5) is 3.42. The molecular formula is C13H19FN2S. The highest BCUT2D eigenvalue weighted by atomic mass is 32.2. The Hall–Kier alpha value is -0.740. The van der Waals surface area contributed by atoms with E-state index in [9.17, 15) is 4.39 Å². The molecule has 1 fully saturated rings. The number of nitrogens with zero attached hydrogens (tertiary/aromatic N) is 1. The van der Waals surface area contributed by atoms with E-state index < -0.39 is 0 Å². The zero-order chi connectivity index (χ0) is 12.1. The maximum atomic E-state index is 13.1. The van der Waals surface area contributed by atoms with Crippen molar-refractivity contribution in [3.8, 4) is 0 Å². The van der Waals surface area contributed by atoms with Crippen LogP contribution in [-0.4, -0.2) is 30.3 Å². The molecule has 1 saturated heterocycles. The van der Waals surface area contributed by atoms with E-state index >= 15 is 0 Å². The average molecular weight is 254 g/mol. The highest BCUT2D eigenvalue weighted by molar-refractivity contribution is 7.99. The molecule has 1 aromatic rings. The first-order chi connectivity index (χ1) is 8.24. The molecule has 0 aliphatic carbocycles. The summed E-state index contributed by atoms with van der Waals surface area (Å²) in [5.41, 5.74) is 6.12. The van der Waals surface area contributed by atoms with Crippen molar-refractivity contribution in [2.45, 2.75) is 24.2 Å². The molecule has 0 amide bonds. The Kier molecular flexibility index (Phi) is 4.68. The normalized spacial score (nSPS) is 17.2. The topological polar surface area (TPSA) is 29.3 Å². The van der Waals surface area contributed by atoms with Gasteiger partial charge in [0.25, 0.3) is 0 Å². The van der Waals surface area contributed by atoms with E-state index in [1.807, 2.05) is 6.07 Å². The van der Waals surface area contributed by atoms with Crippen LogP contribution >= 0.6 is 11.8 Å². The smallest absolute Gasteiger partial charge is 0.126 e. The van der Waals surface area contributed by atoms with Crippen molar-refractivity contribution in [2.75, 3.05) is 31.1 Å². The highest BCUT2D eigenvalue weighted by Crippen LogP contribution is 2.22. The summed E-state index contributed by atoms with van der Waals surface area (Å²) < 4.78 is 13.1. The molecule has 0 unspecified atom stereocenters. The van der Waals surface area contributed by atoms with Crippen molar-refractivity contribution >= 4 is 17.4 Å². The van der Waals surface area contributed by atoms with Gasteiger partial charge in [0.1, 0.15) is 5.82 Å². The van der Waals surface area contributed by atoms with E-state index in [4.69, 9.17) is 5.73 Å². The third kappa shape index (κ3) is 4.21. The molecule has 2 N–H and O–H groups in total. The maximum absolute atomic E-state index is 13.1. The van der Waals surface area contributed by atoms with Gasteiger partial charge in [0.2, 0.25) is 0 Å². The number of piperidine rings is 1. The van der Waals surface area contributed by atoms with Gasteiger partial charge in [-0.2, -0.15) is 0 Å². The summed E-state index contributed by atoms with van der Waals surface area (Å²) >= 11 is 1.68. The van der Waals surface area contributed by atoms with Gasteiger partial charge in [-0.1, -0.05) is 6.42 Å². The molecule has 0 saturated carbocycles. The van der Waals surface area contributed by atoms with Gasteiger partial charge >= 0.3 is 0 Å². The number of thioether (sulfide) groups is 1. The monoisotopic (exact) mass is 254 g/mol. The second kappa shape index (κ2) is 6.26. The van der Waals surface area contributed by atoms with E-state index in [0.29, 0.717) is 5.69 Å². The first-order valence-corrected chi connectivity index (χ1v) is 7.14. The molecule has 0 aromatic heterocycles. The van der Waals surface area contributed by atoms with Crippen LogP contribution in [0.4, 0.5) is 10.1 Å². The SMILES string of the molecule is Nc1cc(F)cc(SCCN2CCCCC2)c1. The Balaban J connectivity index is 1.77. The van der Waals surface area contributed by atoms with Gasteiger partial charge in [0.15, 0.2) is 0 Å². The summed E-state index contributed by atoms with van der Waals surface area (Å²) in [6.45, 7) is 3.51. The number of nitrogens with two attached hydrogens (primary N) is 1. The van der Waals surface area contributed by atoms with E-state index in [-0.39, 0.29) is 5.82 Å². The number of anilines is 1. The number of nitrogen functional groups attached to an aromatic ring is 1. The molecule has 2 nitrogen and oxygen atoms in total. The molecule has 1 aliphatic heterocycles. The quantitative estimate of drug-likeness (QED) is 0.661. The Morgan fingerprint density at radius 3 is 2.65 bits per heavy atom. The van der Waals surface area contributed by atoms with Gasteiger partial charge in [-0.15, -0.1) is 11.8 Å². The Morgan fingerprint density at radius 2 is 1.94 bits per heavy atom. The van der Waals surface area contributed by atoms with Gasteiger partial charge in [0.05, 0.1) is 0 Å². The highest BCUT2D eigenvalue weighted by Gasteiger charge is 2.09. The summed E-state index contributed by atoms with van der Waals surface area (Å²) in [5, 5.41) is 0. The van der Waals surface area contributed by atoms with Gasteiger partial charge in [-0.05, 0) is 44.1 Å². The second-order valence-corrected chi connectivity index (χ2v) is 5.64. The van der Waals surface area contributed by atoms with Crippen LogP contribution in [0.2, 0.25) is 0 Å². The zero-order valence-electron chi connectivity index (χ0n) is 9.99. The fraction of sp³-hybridized carbons (Fsp3) is 0.538. The van der Waals surface area contributed by atoms with Crippen molar-refractivity contribution in [3.05, 3.63) is 24.0 Å². The van der Waals surface area contributed by atoms with Crippen molar-refractivity contribution in [1.29, 1.82) is 0 Å². The van der Waals surface area contributed by atoms with Crippen LogP contribution in [0.15, 0.2) is 23.1 Å². The lowest BCUT2D eigenvalue weighted by Crippen LogP contribution is -2.31. The van der Waals surface area contributed by atoms with E-state index in [0.717, 1.165) is 17.2 Å². The number of likely N-dealkylation sites (tertiary alicyclic amines) is 1. The third-order valence-corrected chi connectivity index (χ3v) is 3.97.